The molecule has 0 radical (unpaired) electrons. The van der Waals surface area contributed by atoms with Gasteiger partial charge in [-0.05, 0) is 19.1 Å². The van der Waals surface area contributed by atoms with Crippen LogP contribution in [0.2, 0.25) is 0 Å². The number of carbonyl (C=O) groups is 1. The van der Waals surface area contributed by atoms with Gasteiger partial charge in [0.2, 0.25) is 5.82 Å². The second kappa shape index (κ2) is 5.47. The lowest BCUT2D eigenvalue weighted by Gasteiger charge is -2.02. The van der Waals surface area contributed by atoms with Crippen molar-refractivity contribution in [1.82, 2.24) is 9.78 Å². The first kappa shape index (κ1) is 13.7. The summed E-state index contributed by atoms with van der Waals surface area (Å²) in [5.74, 6) is -1.56. The van der Waals surface area contributed by atoms with E-state index in [2.05, 4.69) is 5.10 Å². The van der Waals surface area contributed by atoms with Gasteiger partial charge in [-0.25, -0.2) is 9.48 Å². The van der Waals surface area contributed by atoms with Crippen molar-refractivity contribution in [1.29, 1.82) is 0 Å². The van der Waals surface area contributed by atoms with Crippen LogP contribution in [0.1, 0.15) is 17.4 Å². The molecule has 0 aliphatic heterocycles. The molecule has 7 nitrogen and oxygen atoms in total. The highest BCUT2D eigenvalue weighted by Crippen LogP contribution is 2.20. The van der Waals surface area contributed by atoms with Crippen LogP contribution in [0.4, 0.5) is 10.1 Å². The molecule has 0 bridgehead atoms. The first-order valence-electron chi connectivity index (χ1n) is 5.70. The summed E-state index contributed by atoms with van der Waals surface area (Å²) < 4.78 is 19.5. The lowest BCUT2D eigenvalue weighted by molar-refractivity contribution is -0.387. The van der Waals surface area contributed by atoms with Crippen molar-refractivity contribution in [3.8, 4) is 5.69 Å². The summed E-state index contributed by atoms with van der Waals surface area (Å²) in [5, 5.41) is 14.4. The van der Waals surface area contributed by atoms with Gasteiger partial charge in [-0.2, -0.15) is 9.49 Å². The fraction of sp³-hybridized carbons (Fsp3) is 0.167. The molecular weight excluding hydrogens is 269 g/mol. The molecule has 2 aromatic rings. The molecule has 0 N–H and O–H groups in total. The van der Waals surface area contributed by atoms with Crippen molar-refractivity contribution in [2.75, 3.05) is 6.61 Å². The second-order valence-corrected chi connectivity index (χ2v) is 3.76. The summed E-state index contributed by atoms with van der Waals surface area (Å²) >= 11 is 0. The van der Waals surface area contributed by atoms with Crippen LogP contribution >= 0.6 is 0 Å². The zero-order chi connectivity index (χ0) is 14.7. The number of nitrogens with zero attached hydrogens (tertiary/aromatic N) is 3. The van der Waals surface area contributed by atoms with E-state index in [1.54, 1.807) is 6.92 Å². The summed E-state index contributed by atoms with van der Waals surface area (Å²) in [7, 11) is 0. The number of benzene rings is 1. The van der Waals surface area contributed by atoms with E-state index < -0.39 is 22.4 Å². The van der Waals surface area contributed by atoms with Crippen molar-refractivity contribution in [3.63, 3.8) is 0 Å². The molecule has 0 spiro atoms. The van der Waals surface area contributed by atoms with Gasteiger partial charge in [0, 0.05) is 18.3 Å². The van der Waals surface area contributed by atoms with E-state index in [-0.39, 0.29) is 18.0 Å². The molecule has 1 aromatic carbocycles. The number of nitro benzene ring substituents is 1. The van der Waals surface area contributed by atoms with Crippen LogP contribution in [0, 0.1) is 15.9 Å². The second-order valence-electron chi connectivity index (χ2n) is 3.76. The van der Waals surface area contributed by atoms with E-state index in [4.69, 9.17) is 4.74 Å². The standard InChI is InChI=1S/C12H10FN3O4/c1-2-20-12(17)10-5-6-15(14-10)8-3-4-11(16(18)19)9(13)7-8/h3-7H,2H2,1H3. The van der Waals surface area contributed by atoms with E-state index >= 15 is 0 Å². The number of esters is 1. The Kier molecular flexibility index (Phi) is 3.74. The summed E-state index contributed by atoms with van der Waals surface area (Å²) in [5.41, 5.74) is -0.277. The number of carbonyl (C=O) groups excluding carboxylic acids is 1. The molecule has 0 saturated heterocycles. The van der Waals surface area contributed by atoms with E-state index in [0.717, 1.165) is 12.1 Å². The van der Waals surface area contributed by atoms with Crippen LogP contribution < -0.4 is 0 Å². The molecule has 0 aliphatic carbocycles. The third kappa shape index (κ3) is 2.63. The van der Waals surface area contributed by atoms with Gasteiger partial charge in [0.05, 0.1) is 17.2 Å². The zero-order valence-corrected chi connectivity index (χ0v) is 10.4. The largest absolute Gasteiger partial charge is 0.461 e. The highest BCUT2D eigenvalue weighted by Gasteiger charge is 2.16. The van der Waals surface area contributed by atoms with E-state index in [0.29, 0.717) is 0 Å². The molecule has 104 valence electrons. The third-order valence-electron chi connectivity index (χ3n) is 2.47. The maximum absolute atomic E-state index is 13.5. The SMILES string of the molecule is CCOC(=O)c1ccn(-c2ccc([N+](=O)[O-])c(F)c2)n1. The Hall–Kier alpha value is -2.77. The van der Waals surface area contributed by atoms with Crippen LogP contribution in [0.15, 0.2) is 30.5 Å². The van der Waals surface area contributed by atoms with Crippen LogP contribution in [0.3, 0.4) is 0 Å². The predicted molar refractivity (Wildman–Crippen MR) is 66.1 cm³/mol. The Labute approximate surface area is 112 Å². The maximum atomic E-state index is 13.5. The molecule has 1 aromatic heterocycles. The normalized spacial score (nSPS) is 10.3. The van der Waals surface area contributed by atoms with Crippen LogP contribution in [-0.4, -0.2) is 27.3 Å². The van der Waals surface area contributed by atoms with Crippen molar-refractivity contribution in [2.24, 2.45) is 0 Å². The highest BCUT2D eigenvalue weighted by molar-refractivity contribution is 5.87. The Balaban J connectivity index is 2.31. The predicted octanol–water partition coefficient (Wildman–Crippen LogP) is 2.10. The molecular formula is C12H10FN3O4. The average Bonchev–Trinajstić information content (AvgIpc) is 2.88. The molecule has 20 heavy (non-hydrogen) atoms. The highest BCUT2D eigenvalue weighted by atomic mass is 19.1. The third-order valence-corrected chi connectivity index (χ3v) is 2.47. The number of ether oxygens (including phenoxy) is 1. The minimum Gasteiger partial charge on any atom is -0.461 e. The van der Waals surface area contributed by atoms with Crippen LogP contribution in [0.25, 0.3) is 5.69 Å². The minimum atomic E-state index is -0.972. The number of aromatic nitrogens is 2. The number of hydrogen-bond acceptors (Lipinski definition) is 5. The number of halogens is 1. The Morgan fingerprint density at radius 3 is 2.85 bits per heavy atom. The lowest BCUT2D eigenvalue weighted by atomic mass is 10.3. The molecule has 0 unspecified atom stereocenters. The van der Waals surface area contributed by atoms with Gasteiger partial charge >= 0.3 is 11.7 Å². The molecule has 1 heterocycles. The monoisotopic (exact) mass is 279 g/mol. The summed E-state index contributed by atoms with van der Waals surface area (Å²) in [4.78, 5) is 21.1. The van der Waals surface area contributed by atoms with Crippen molar-refractivity contribution < 1.29 is 18.8 Å². The van der Waals surface area contributed by atoms with Gasteiger partial charge in [-0.1, -0.05) is 0 Å². The van der Waals surface area contributed by atoms with Gasteiger partial charge in [0.25, 0.3) is 0 Å². The average molecular weight is 279 g/mol. The van der Waals surface area contributed by atoms with Crippen molar-refractivity contribution in [2.45, 2.75) is 6.92 Å². The minimum absolute atomic E-state index is 0.0746. The fourth-order valence-corrected chi connectivity index (χ4v) is 1.57. The molecule has 0 saturated carbocycles. The fourth-order valence-electron chi connectivity index (χ4n) is 1.57. The Bertz CT molecular complexity index is 668. The maximum Gasteiger partial charge on any atom is 0.358 e. The Morgan fingerprint density at radius 2 is 2.25 bits per heavy atom. The van der Waals surface area contributed by atoms with Crippen molar-refractivity contribution in [3.05, 3.63) is 52.1 Å². The topological polar surface area (TPSA) is 87.3 Å². The van der Waals surface area contributed by atoms with E-state index in [1.807, 2.05) is 0 Å². The van der Waals surface area contributed by atoms with Gasteiger partial charge < -0.3 is 4.74 Å². The van der Waals surface area contributed by atoms with Gasteiger partial charge in [-0.3, -0.25) is 10.1 Å². The molecule has 8 heteroatoms. The first-order valence-corrected chi connectivity index (χ1v) is 5.70. The lowest BCUT2D eigenvalue weighted by Crippen LogP contribution is -2.06. The summed E-state index contributed by atoms with van der Waals surface area (Å²) in [6.07, 6.45) is 1.44. The molecule has 0 atom stereocenters. The zero-order valence-electron chi connectivity index (χ0n) is 10.4. The number of rotatable bonds is 4. The smallest absolute Gasteiger partial charge is 0.358 e. The number of hydrogen-bond donors (Lipinski definition) is 0. The molecule has 2 rings (SSSR count). The van der Waals surface area contributed by atoms with Crippen LogP contribution in [0.5, 0.6) is 0 Å². The first-order chi connectivity index (χ1) is 9.52. The van der Waals surface area contributed by atoms with E-state index in [9.17, 15) is 19.3 Å². The molecule has 0 fully saturated rings. The van der Waals surface area contributed by atoms with Crippen molar-refractivity contribution >= 4 is 11.7 Å². The van der Waals surface area contributed by atoms with Gasteiger partial charge in [-0.15, -0.1) is 0 Å². The summed E-state index contributed by atoms with van der Waals surface area (Å²) in [6.45, 7) is 1.89. The van der Waals surface area contributed by atoms with Gasteiger partial charge in [0.1, 0.15) is 0 Å². The number of nitro groups is 1. The summed E-state index contributed by atoms with van der Waals surface area (Å²) in [6, 6.07) is 4.76. The quantitative estimate of drug-likeness (QED) is 0.486. The molecule has 0 aliphatic rings. The van der Waals surface area contributed by atoms with Crippen LogP contribution in [-0.2, 0) is 4.74 Å². The van der Waals surface area contributed by atoms with E-state index in [1.165, 1.54) is 23.0 Å². The van der Waals surface area contributed by atoms with Gasteiger partial charge in [0.15, 0.2) is 5.69 Å². The Morgan fingerprint density at radius 1 is 1.50 bits per heavy atom. The molecule has 0 amide bonds.